The smallest absolute Gasteiger partial charge is 0.252 e. The van der Waals surface area contributed by atoms with Crippen molar-refractivity contribution in [3.63, 3.8) is 0 Å². The molecule has 9 aromatic rings. The van der Waals surface area contributed by atoms with Crippen LogP contribution in [0.15, 0.2) is 174 Å². The topological polar surface area (TPSA) is 19.6 Å². The van der Waals surface area contributed by atoms with Gasteiger partial charge in [-0.2, -0.15) is 0 Å². The Hall–Kier alpha value is -6.78. The van der Waals surface area contributed by atoms with E-state index in [2.05, 4.69) is 236 Å². The van der Waals surface area contributed by atoms with Crippen LogP contribution in [0.4, 0.5) is 34.1 Å². The largest absolute Gasteiger partial charge is 0.455 e. The van der Waals surface area contributed by atoms with Crippen LogP contribution >= 0.6 is 0 Å². The van der Waals surface area contributed by atoms with Crippen molar-refractivity contribution in [2.45, 2.75) is 78.6 Å². The van der Waals surface area contributed by atoms with Crippen molar-refractivity contribution in [3.05, 3.63) is 187 Å². The average molecular weight is 831 g/mol. The fourth-order valence-electron chi connectivity index (χ4n) is 10.1. The lowest BCUT2D eigenvalue weighted by Gasteiger charge is -2.45. The molecule has 0 saturated heterocycles. The standard InChI is InChI=1S/C60H55BN2O/c1-58(2,3)41-25-30-45(31-26-41)63-52-33-27-42(59(4,5)6)35-50(52)61-49-34-40(38-16-11-10-12-17-38)24-32-51(49)62(53-36-43(60(7,8)9)37-54(63)56(53)61)44-28-22-39(23-29-44)46-19-15-20-48-47-18-13-14-21-55(47)64-57(46)48/h10-37H,1-9H3. The second-order valence-corrected chi connectivity index (χ2v) is 21.1. The fourth-order valence-corrected chi connectivity index (χ4v) is 10.1. The minimum Gasteiger partial charge on any atom is -0.455 e. The Morgan fingerprint density at radius 3 is 1.56 bits per heavy atom. The molecule has 0 radical (unpaired) electrons. The van der Waals surface area contributed by atoms with Gasteiger partial charge in [-0.15, -0.1) is 0 Å². The second kappa shape index (κ2) is 14.4. The molecule has 1 aromatic heterocycles. The summed E-state index contributed by atoms with van der Waals surface area (Å²) in [4.78, 5) is 5.10. The molecule has 0 amide bonds. The summed E-state index contributed by atoms with van der Waals surface area (Å²) < 4.78 is 6.53. The number of benzene rings is 8. The van der Waals surface area contributed by atoms with Gasteiger partial charge in [-0.3, -0.25) is 0 Å². The molecule has 0 atom stereocenters. The van der Waals surface area contributed by atoms with E-state index in [0.717, 1.165) is 38.8 Å². The van der Waals surface area contributed by atoms with Crippen molar-refractivity contribution < 1.29 is 4.42 Å². The highest BCUT2D eigenvalue weighted by Gasteiger charge is 2.44. The molecule has 4 heteroatoms. The summed E-state index contributed by atoms with van der Waals surface area (Å²) >= 11 is 0. The number of fused-ring (bicyclic) bond motifs is 7. The van der Waals surface area contributed by atoms with E-state index in [1.54, 1.807) is 0 Å². The molecule has 314 valence electrons. The highest BCUT2D eigenvalue weighted by atomic mass is 16.3. The predicted octanol–water partition coefficient (Wildman–Crippen LogP) is 14.9. The van der Waals surface area contributed by atoms with Crippen LogP contribution in [-0.2, 0) is 16.2 Å². The van der Waals surface area contributed by atoms with E-state index in [1.165, 1.54) is 72.6 Å². The molecule has 3 nitrogen and oxygen atoms in total. The zero-order chi connectivity index (χ0) is 44.3. The van der Waals surface area contributed by atoms with Crippen LogP contribution in [0.3, 0.4) is 0 Å². The molecule has 2 aliphatic heterocycles. The fraction of sp³-hybridized carbons (Fsp3) is 0.200. The normalized spacial score (nSPS) is 13.6. The Kier molecular flexibility index (Phi) is 8.99. The third kappa shape index (κ3) is 6.49. The number of hydrogen-bond acceptors (Lipinski definition) is 3. The molecule has 2 aliphatic rings. The summed E-state index contributed by atoms with van der Waals surface area (Å²) in [6, 6.07) is 63.6. The van der Waals surface area contributed by atoms with Crippen molar-refractivity contribution in [2.24, 2.45) is 0 Å². The number of rotatable bonds is 4. The number of anilines is 6. The Labute approximate surface area is 379 Å². The van der Waals surface area contributed by atoms with Gasteiger partial charge >= 0.3 is 0 Å². The predicted molar refractivity (Wildman–Crippen MR) is 275 cm³/mol. The third-order valence-electron chi connectivity index (χ3n) is 13.7. The molecule has 0 unspecified atom stereocenters. The first-order chi connectivity index (χ1) is 30.6. The zero-order valence-electron chi connectivity index (χ0n) is 38.5. The van der Waals surface area contributed by atoms with Crippen LogP contribution < -0.4 is 26.2 Å². The van der Waals surface area contributed by atoms with Crippen molar-refractivity contribution >= 4 is 79.2 Å². The molecular formula is C60H55BN2O. The third-order valence-corrected chi connectivity index (χ3v) is 13.7. The maximum absolute atomic E-state index is 6.53. The lowest BCUT2D eigenvalue weighted by Crippen LogP contribution is -2.61. The maximum Gasteiger partial charge on any atom is 0.252 e. The molecule has 0 aliphatic carbocycles. The summed E-state index contributed by atoms with van der Waals surface area (Å²) in [7, 11) is 0. The zero-order valence-corrected chi connectivity index (χ0v) is 38.5. The highest BCUT2D eigenvalue weighted by Crippen LogP contribution is 2.48. The molecular weight excluding hydrogens is 775 g/mol. The number of furan rings is 1. The van der Waals surface area contributed by atoms with Gasteiger partial charge in [-0.05, 0) is 121 Å². The quantitative estimate of drug-likeness (QED) is 0.165. The number of nitrogens with zero attached hydrogens (tertiary/aromatic N) is 2. The molecule has 3 heterocycles. The van der Waals surface area contributed by atoms with Crippen LogP contribution in [0, 0.1) is 0 Å². The van der Waals surface area contributed by atoms with Crippen LogP contribution in [-0.4, -0.2) is 6.71 Å². The average Bonchev–Trinajstić information content (AvgIpc) is 3.67. The van der Waals surface area contributed by atoms with Gasteiger partial charge in [0.05, 0.1) is 0 Å². The van der Waals surface area contributed by atoms with Gasteiger partial charge in [0.25, 0.3) is 6.71 Å². The first-order valence-electron chi connectivity index (χ1n) is 22.9. The van der Waals surface area contributed by atoms with Gasteiger partial charge in [0.1, 0.15) is 11.2 Å². The van der Waals surface area contributed by atoms with Crippen molar-refractivity contribution in [3.8, 4) is 22.3 Å². The van der Waals surface area contributed by atoms with Crippen molar-refractivity contribution in [1.29, 1.82) is 0 Å². The SMILES string of the molecule is CC(C)(C)c1ccc(N2c3ccc(C(C)(C)C)cc3B3c4cc(-c5ccccc5)ccc4N(c4ccc(-c5cccc6c5oc5ccccc56)cc4)c4cc(C(C)(C)C)cc2c43)cc1. The molecule has 0 spiro atoms. The Balaban J connectivity index is 1.18. The van der Waals surface area contributed by atoms with Crippen molar-refractivity contribution in [1.82, 2.24) is 0 Å². The van der Waals surface area contributed by atoms with Gasteiger partial charge in [0.15, 0.2) is 0 Å². The Bertz CT molecular complexity index is 3270. The first kappa shape index (κ1) is 40.0. The molecule has 0 N–H and O–H groups in total. The lowest BCUT2D eigenvalue weighted by atomic mass is 9.33. The lowest BCUT2D eigenvalue weighted by molar-refractivity contribution is 0.589. The number of hydrogen-bond donors (Lipinski definition) is 0. The summed E-state index contributed by atoms with van der Waals surface area (Å²) in [6.07, 6.45) is 0. The van der Waals surface area contributed by atoms with E-state index in [1.807, 2.05) is 6.07 Å². The number of para-hydroxylation sites is 2. The maximum atomic E-state index is 6.53. The molecule has 11 rings (SSSR count). The molecule has 64 heavy (non-hydrogen) atoms. The Morgan fingerprint density at radius 1 is 0.391 bits per heavy atom. The van der Waals surface area contributed by atoms with Crippen LogP contribution in [0.5, 0.6) is 0 Å². The molecule has 0 saturated carbocycles. The summed E-state index contributed by atoms with van der Waals surface area (Å²) in [5, 5.41) is 2.28. The van der Waals surface area contributed by atoms with Gasteiger partial charge in [-0.1, -0.05) is 178 Å². The van der Waals surface area contributed by atoms with Crippen LogP contribution in [0.2, 0.25) is 0 Å². The van der Waals surface area contributed by atoms with E-state index < -0.39 is 0 Å². The van der Waals surface area contributed by atoms with E-state index in [9.17, 15) is 0 Å². The van der Waals surface area contributed by atoms with E-state index in [4.69, 9.17) is 4.42 Å². The van der Waals surface area contributed by atoms with Gasteiger partial charge in [-0.25, -0.2) is 0 Å². The van der Waals surface area contributed by atoms with Crippen molar-refractivity contribution in [2.75, 3.05) is 9.80 Å². The minimum absolute atomic E-state index is 0.00119. The minimum atomic E-state index is -0.114. The monoisotopic (exact) mass is 830 g/mol. The second-order valence-electron chi connectivity index (χ2n) is 21.1. The molecule has 0 bridgehead atoms. The highest BCUT2D eigenvalue weighted by molar-refractivity contribution is 7.00. The molecule has 8 aromatic carbocycles. The summed E-state index contributed by atoms with van der Waals surface area (Å²) in [5.74, 6) is 0. The summed E-state index contributed by atoms with van der Waals surface area (Å²) in [5.41, 5.74) is 21.5. The van der Waals surface area contributed by atoms with E-state index in [0.29, 0.717) is 0 Å². The first-order valence-corrected chi connectivity index (χ1v) is 22.9. The van der Waals surface area contributed by atoms with Gasteiger partial charge in [0, 0.05) is 50.5 Å². The van der Waals surface area contributed by atoms with Crippen LogP contribution in [0.1, 0.15) is 79.0 Å². The van der Waals surface area contributed by atoms with Crippen LogP contribution in [0.25, 0.3) is 44.2 Å². The van der Waals surface area contributed by atoms with Gasteiger partial charge < -0.3 is 14.2 Å². The van der Waals surface area contributed by atoms with E-state index >= 15 is 0 Å². The van der Waals surface area contributed by atoms with Gasteiger partial charge in [0.2, 0.25) is 0 Å². The molecule has 0 fully saturated rings. The Morgan fingerprint density at radius 2 is 0.922 bits per heavy atom. The summed E-state index contributed by atoms with van der Waals surface area (Å²) in [6.45, 7) is 20.9. The van der Waals surface area contributed by atoms with E-state index in [-0.39, 0.29) is 23.0 Å².